The molecule has 0 aliphatic heterocycles. The molecule has 23 heavy (non-hydrogen) atoms. The number of benzene rings is 1. The van der Waals surface area contributed by atoms with Crippen LogP contribution in [0.3, 0.4) is 0 Å². The lowest BCUT2D eigenvalue weighted by Crippen LogP contribution is -2.17. The van der Waals surface area contributed by atoms with Crippen LogP contribution < -0.4 is 10.1 Å². The SMILES string of the molecule is CCOC(=O)c1cc(CN[C@H](C)c2ccccc2)oc1OCC. The van der Waals surface area contributed by atoms with Crippen LogP contribution in [-0.4, -0.2) is 19.2 Å². The molecule has 0 saturated heterocycles. The van der Waals surface area contributed by atoms with Crippen LogP contribution in [0.1, 0.15) is 48.5 Å². The molecule has 1 aromatic carbocycles. The molecule has 1 aromatic heterocycles. The Hall–Kier alpha value is -2.27. The van der Waals surface area contributed by atoms with Gasteiger partial charge in [0.1, 0.15) is 11.3 Å². The average molecular weight is 317 g/mol. The molecule has 0 saturated carbocycles. The van der Waals surface area contributed by atoms with Gasteiger partial charge in [-0.1, -0.05) is 30.3 Å². The molecule has 2 rings (SSSR count). The largest absolute Gasteiger partial charge is 0.465 e. The summed E-state index contributed by atoms with van der Waals surface area (Å²) in [6.45, 7) is 6.92. The van der Waals surface area contributed by atoms with Crippen molar-refractivity contribution in [2.45, 2.75) is 33.4 Å². The maximum Gasteiger partial charge on any atom is 0.345 e. The van der Waals surface area contributed by atoms with Crippen LogP contribution in [0.25, 0.3) is 0 Å². The number of furan rings is 1. The molecule has 124 valence electrons. The topological polar surface area (TPSA) is 60.7 Å². The van der Waals surface area contributed by atoms with Gasteiger partial charge in [0.05, 0.1) is 19.8 Å². The summed E-state index contributed by atoms with van der Waals surface area (Å²) in [5.41, 5.74) is 1.52. The zero-order valence-electron chi connectivity index (χ0n) is 13.8. The van der Waals surface area contributed by atoms with E-state index in [-0.39, 0.29) is 12.0 Å². The Morgan fingerprint density at radius 2 is 1.96 bits per heavy atom. The highest BCUT2D eigenvalue weighted by atomic mass is 16.6. The van der Waals surface area contributed by atoms with Crippen LogP contribution in [0.4, 0.5) is 0 Å². The Labute approximate surface area is 136 Å². The first-order chi connectivity index (χ1) is 11.2. The van der Waals surface area contributed by atoms with Gasteiger partial charge < -0.3 is 19.2 Å². The number of esters is 1. The van der Waals surface area contributed by atoms with Gasteiger partial charge in [-0.25, -0.2) is 4.79 Å². The third-order valence-electron chi connectivity index (χ3n) is 3.40. The van der Waals surface area contributed by atoms with E-state index in [0.29, 0.717) is 31.1 Å². The quantitative estimate of drug-likeness (QED) is 0.752. The first-order valence-electron chi connectivity index (χ1n) is 7.86. The Kier molecular flexibility index (Phi) is 6.23. The van der Waals surface area contributed by atoms with Crippen LogP contribution >= 0.6 is 0 Å². The van der Waals surface area contributed by atoms with Gasteiger partial charge in [0.15, 0.2) is 0 Å². The van der Waals surface area contributed by atoms with Crippen LogP contribution in [0.2, 0.25) is 0 Å². The van der Waals surface area contributed by atoms with Crippen molar-refractivity contribution >= 4 is 5.97 Å². The van der Waals surface area contributed by atoms with Crippen molar-refractivity contribution in [1.82, 2.24) is 5.32 Å². The molecule has 0 unspecified atom stereocenters. The van der Waals surface area contributed by atoms with Gasteiger partial charge in [-0.05, 0) is 32.4 Å². The van der Waals surface area contributed by atoms with Crippen LogP contribution in [-0.2, 0) is 11.3 Å². The van der Waals surface area contributed by atoms with Gasteiger partial charge in [0.25, 0.3) is 5.95 Å². The van der Waals surface area contributed by atoms with Gasteiger partial charge in [-0.3, -0.25) is 0 Å². The maximum atomic E-state index is 11.9. The molecule has 0 fully saturated rings. The molecule has 2 aromatic rings. The smallest absolute Gasteiger partial charge is 0.345 e. The Bertz CT molecular complexity index is 621. The molecule has 5 nitrogen and oxygen atoms in total. The monoisotopic (exact) mass is 317 g/mol. The third-order valence-corrected chi connectivity index (χ3v) is 3.40. The number of carbonyl (C=O) groups excluding carboxylic acids is 1. The second-order valence-electron chi connectivity index (χ2n) is 5.08. The van der Waals surface area contributed by atoms with Crippen molar-refractivity contribution in [3.63, 3.8) is 0 Å². The van der Waals surface area contributed by atoms with Crippen molar-refractivity contribution in [2.75, 3.05) is 13.2 Å². The van der Waals surface area contributed by atoms with Crippen molar-refractivity contribution in [3.8, 4) is 5.95 Å². The van der Waals surface area contributed by atoms with Gasteiger partial charge in [0, 0.05) is 6.04 Å². The minimum atomic E-state index is -0.429. The number of hydrogen-bond donors (Lipinski definition) is 1. The fourth-order valence-corrected chi connectivity index (χ4v) is 2.21. The number of nitrogens with one attached hydrogen (secondary N) is 1. The van der Waals surface area contributed by atoms with E-state index < -0.39 is 5.97 Å². The van der Waals surface area contributed by atoms with Crippen LogP contribution in [0, 0.1) is 0 Å². The third kappa shape index (κ3) is 4.60. The van der Waals surface area contributed by atoms with Gasteiger partial charge in [-0.15, -0.1) is 0 Å². The molecular formula is C18H23NO4. The van der Waals surface area contributed by atoms with E-state index in [2.05, 4.69) is 24.4 Å². The molecule has 0 spiro atoms. The van der Waals surface area contributed by atoms with Crippen LogP contribution in [0.5, 0.6) is 5.95 Å². The van der Waals surface area contributed by atoms with E-state index in [9.17, 15) is 4.79 Å². The molecule has 1 heterocycles. The fraction of sp³-hybridized carbons (Fsp3) is 0.389. The summed E-state index contributed by atoms with van der Waals surface area (Å²) in [6.07, 6.45) is 0. The molecule has 1 N–H and O–H groups in total. The summed E-state index contributed by atoms with van der Waals surface area (Å²) < 4.78 is 16.0. The van der Waals surface area contributed by atoms with Crippen molar-refractivity contribution in [2.24, 2.45) is 0 Å². The summed E-state index contributed by atoms with van der Waals surface area (Å²) in [4.78, 5) is 11.9. The molecule has 0 radical (unpaired) electrons. The summed E-state index contributed by atoms with van der Waals surface area (Å²) in [7, 11) is 0. The average Bonchev–Trinajstić information content (AvgIpc) is 2.97. The highest BCUT2D eigenvalue weighted by Gasteiger charge is 2.20. The first-order valence-corrected chi connectivity index (χ1v) is 7.86. The first kappa shape index (κ1) is 17.1. The second-order valence-corrected chi connectivity index (χ2v) is 5.08. The van der Waals surface area contributed by atoms with Crippen LogP contribution in [0.15, 0.2) is 40.8 Å². The van der Waals surface area contributed by atoms with E-state index in [0.717, 1.165) is 0 Å². The standard InChI is InChI=1S/C18H23NO4/c1-4-21-17(20)16-11-15(23-18(16)22-5-2)12-19-13(3)14-9-7-6-8-10-14/h6-11,13,19H,4-5,12H2,1-3H3/t13-/m1/s1. The van der Waals surface area contributed by atoms with E-state index in [4.69, 9.17) is 13.9 Å². The lowest BCUT2D eigenvalue weighted by atomic mass is 10.1. The normalized spacial score (nSPS) is 12.0. The molecule has 0 bridgehead atoms. The molecular weight excluding hydrogens is 294 g/mol. The summed E-state index contributed by atoms with van der Waals surface area (Å²) in [6, 6.07) is 12.0. The summed E-state index contributed by atoms with van der Waals surface area (Å²) in [5.74, 6) is 0.427. The maximum absolute atomic E-state index is 11.9. The van der Waals surface area contributed by atoms with Crippen molar-refractivity contribution in [1.29, 1.82) is 0 Å². The van der Waals surface area contributed by atoms with E-state index in [1.807, 2.05) is 25.1 Å². The molecule has 0 amide bonds. The van der Waals surface area contributed by atoms with Crippen molar-refractivity contribution in [3.05, 3.63) is 53.3 Å². The predicted molar refractivity (Wildman–Crippen MR) is 87.5 cm³/mol. The Balaban J connectivity index is 2.05. The minimum Gasteiger partial charge on any atom is -0.465 e. The highest BCUT2D eigenvalue weighted by Crippen LogP contribution is 2.25. The zero-order chi connectivity index (χ0) is 16.7. The van der Waals surface area contributed by atoms with E-state index >= 15 is 0 Å². The van der Waals surface area contributed by atoms with Gasteiger partial charge in [0.2, 0.25) is 0 Å². The number of carbonyl (C=O) groups is 1. The second kappa shape index (κ2) is 8.39. The fourth-order valence-electron chi connectivity index (χ4n) is 2.21. The number of hydrogen-bond acceptors (Lipinski definition) is 5. The van der Waals surface area contributed by atoms with Gasteiger partial charge >= 0.3 is 5.97 Å². The molecule has 0 aliphatic carbocycles. The highest BCUT2D eigenvalue weighted by molar-refractivity contribution is 5.91. The van der Waals surface area contributed by atoms with E-state index in [1.165, 1.54) is 5.56 Å². The number of ether oxygens (including phenoxy) is 2. The molecule has 1 atom stereocenters. The summed E-state index contributed by atoms with van der Waals surface area (Å²) >= 11 is 0. The Morgan fingerprint density at radius 3 is 2.61 bits per heavy atom. The number of rotatable bonds is 8. The zero-order valence-corrected chi connectivity index (χ0v) is 13.8. The van der Waals surface area contributed by atoms with Crippen molar-refractivity contribution < 1.29 is 18.7 Å². The molecule has 5 heteroatoms. The Morgan fingerprint density at radius 1 is 1.22 bits per heavy atom. The summed E-state index contributed by atoms with van der Waals surface area (Å²) in [5, 5.41) is 3.37. The molecule has 0 aliphatic rings. The van der Waals surface area contributed by atoms with Gasteiger partial charge in [-0.2, -0.15) is 0 Å². The van der Waals surface area contributed by atoms with E-state index in [1.54, 1.807) is 13.0 Å². The minimum absolute atomic E-state index is 0.169. The lowest BCUT2D eigenvalue weighted by Gasteiger charge is -2.12. The lowest BCUT2D eigenvalue weighted by molar-refractivity contribution is 0.0519. The predicted octanol–water partition coefficient (Wildman–Crippen LogP) is 3.71.